The number of carboxylic acid groups (broad SMARTS) is 3. The van der Waals surface area contributed by atoms with Crippen molar-refractivity contribution in [3.63, 3.8) is 0 Å². The van der Waals surface area contributed by atoms with Gasteiger partial charge in [-0.3, -0.25) is 4.79 Å². The molecule has 0 unspecified atom stereocenters. The molecule has 0 atom stereocenters. The average molecular weight is 374 g/mol. The molecule has 8 heteroatoms. The first-order chi connectivity index (χ1) is 12.7. The van der Waals surface area contributed by atoms with E-state index in [0.29, 0.717) is 5.56 Å². The fourth-order valence-electron chi connectivity index (χ4n) is 2.00. The summed E-state index contributed by atoms with van der Waals surface area (Å²) in [6.45, 7) is 0. The van der Waals surface area contributed by atoms with Gasteiger partial charge in [0, 0.05) is 6.42 Å². The molecular formula is C19H18O8. The Morgan fingerprint density at radius 2 is 1.33 bits per heavy atom. The molecule has 0 bridgehead atoms. The Morgan fingerprint density at radius 3 is 1.78 bits per heavy atom. The van der Waals surface area contributed by atoms with E-state index < -0.39 is 35.7 Å². The summed E-state index contributed by atoms with van der Waals surface area (Å²) < 4.78 is 0. The second kappa shape index (κ2) is 10.2. The highest BCUT2D eigenvalue weighted by Crippen LogP contribution is 2.14. The lowest BCUT2D eigenvalue weighted by molar-refractivity contribution is -0.139. The predicted molar refractivity (Wildman–Crippen MR) is 94.8 cm³/mol. The second-order valence-electron chi connectivity index (χ2n) is 5.29. The zero-order valence-electron chi connectivity index (χ0n) is 14.1. The number of rotatable bonds is 6. The fraction of sp³-hybridized carbons (Fsp3) is 0.105. The third-order valence-electron chi connectivity index (χ3n) is 3.28. The van der Waals surface area contributed by atoms with Crippen molar-refractivity contribution < 1.29 is 39.9 Å². The Labute approximate surface area is 154 Å². The van der Waals surface area contributed by atoms with Gasteiger partial charge in [0.15, 0.2) is 0 Å². The Balaban J connectivity index is 0.000000309. The number of carboxylic acids is 3. The second-order valence-corrected chi connectivity index (χ2v) is 5.29. The molecule has 0 saturated heterocycles. The molecule has 8 nitrogen and oxygen atoms in total. The molecule has 0 aliphatic heterocycles. The van der Waals surface area contributed by atoms with E-state index in [2.05, 4.69) is 0 Å². The van der Waals surface area contributed by atoms with Crippen LogP contribution in [-0.2, 0) is 16.0 Å². The third kappa shape index (κ3) is 7.30. The highest BCUT2D eigenvalue weighted by molar-refractivity contribution is 5.92. The number of aromatic hydroxyl groups is 1. The van der Waals surface area contributed by atoms with Gasteiger partial charge in [-0.1, -0.05) is 42.5 Å². The molecule has 142 valence electrons. The van der Waals surface area contributed by atoms with Crippen LogP contribution in [0.25, 0.3) is 0 Å². The summed E-state index contributed by atoms with van der Waals surface area (Å²) in [4.78, 5) is 31.5. The van der Waals surface area contributed by atoms with Gasteiger partial charge in [-0.2, -0.15) is 0 Å². The molecule has 0 heterocycles. The Morgan fingerprint density at radius 1 is 0.778 bits per heavy atom. The number of aromatic carboxylic acids is 1. The molecule has 0 aliphatic rings. The summed E-state index contributed by atoms with van der Waals surface area (Å²) >= 11 is 0. The minimum Gasteiger partial charge on any atom is -0.511 e. The molecule has 0 spiro atoms. The lowest BCUT2D eigenvalue weighted by Crippen LogP contribution is -2.11. The molecule has 0 saturated carbocycles. The lowest BCUT2D eigenvalue weighted by atomic mass is 10.1. The van der Waals surface area contributed by atoms with Crippen molar-refractivity contribution in [3.8, 4) is 5.75 Å². The van der Waals surface area contributed by atoms with Crippen LogP contribution in [0.3, 0.4) is 0 Å². The minimum absolute atomic E-state index is 0.00968. The van der Waals surface area contributed by atoms with Gasteiger partial charge in [-0.15, -0.1) is 0 Å². The van der Waals surface area contributed by atoms with E-state index in [9.17, 15) is 19.5 Å². The molecule has 0 aliphatic carbocycles. The van der Waals surface area contributed by atoms with E-state index in [-0.39, 0.29) is 17.7 Å². The van der Waals surface area contributed by atoms with Crippen molar-refractivity contribution in [2.24, 2.45) is 0 Å². The molecular weight excluding hydrogens is 356 g/mol. The molecule has 0 amide bonds. The lowest BCUT2D eigenvalue weighted by Gasteiger charge is -2.05. The molecule has 27 heavy (non-hydrogen) atoms. The molecule has 2 aromatic carbocycles. The number of benzene rings is 2. The summed E-state index contributed by atoms with van der Waals surface area (Å²) in [5.74, 6) is -4.44. The zero-order valence-corrected chi connectivity index (χ0v) is 14.1. The van der Waals surface area contributed by atoms with Gasteiger partial charge in [0.05, 0.1) is 12.0 Å². The van der Waals surface area contributed by atoms with Gasteiger partial charge >= 0.3 is 17.9 Å². The Bertz CT molecular complexity index is 840. The quantitative estimate of drug-likeness (QED) is 0.382. The maximum absolute atomic E-state index is 10.8. The van der Waals surface area contributed by atoms with Crippen molar-refractivity contribution in [3.05, 3.63) is 77.1 Å². The van der Waals surface area contributed by atoms with Crippen LogP contribution in [0.1, 0.15) is 22.3 Å². The maximum atomic E-state index is 10.8. The molecule has 2 rings (SSSR count). The predicted octanol–water partition coefficient (Wildman–Crippen LogP) is 2.69. The Kier molecular flexibility index (Phi) is 8.05. The number of hydrogen-bond acceptors (Lipinski definition) is 5. The zero-order chi connectivity index (χ0) is 20.4. The third-order valence-corrected chi connectivity index (χ3v) is 3.28. The van der Waals surface area contributed by atoms with E-state index >= 15 is 0 Å². The number of hydrogen-bond donors (Lipinski definition) is 5. The number of carbonyl (C=O) groups is 3. The van der Waals surface area contributed by atoms with Crippen LogP contribution in [0, 0.1) is 0 Å². The SMILES string of the molecule is O=C(O)CC(C(=O)O)=C(O)Cc1ccccc1.O=C(O)c1ccccc1O. The van der Waals surface area contributed by atoms with Crippen LogP contribution in [0.2, 0.25) is 0 Å². The number of allylic oxidation sites excluding steroid dienone is 1. The van der Waals surface area contributed by atoms with Crippen molar-refractivity contribution in [1.82, 2.24) is 0 Å². The number of para-hydroxylation sites is 1. The van der Waals surface area contributed by atoms with Gasteiger partial charge in [0.2, 0.25) is 0 Å². The summed E-state index contributed by atoms with van der Waals surface area (Å²) in [6.07, 6.45) is -0.691. The average Bonchev–Trinajstić information content (AvgIpc) is 2.61. The van der Waals surface area contributed by atoms with Crippen LogP contribution in [0.5, 0.6) is 5.75 Å². The fourth-order valence-corrected chi connectivity index (χ4v) is 2.00. The van der Waals surface area contributed by atoms with Crippen LogP contribution in [0.15, 0.2) is 65.9 Å². The first-order valence-corrected chi connectivity index (χ1v) is 7.63. The van der Waals surface area contributed by atoms with E-state index in [0.717, 1.165) is 0 Å². The van der Waals surface area contributed by atoms with E-state index in [4.69, 9.17) is 20.4 Å². The monoisotopic (exact) mass is 374 g/mol. The molecule has 0 radical (unpaired) electrons. The van der Waals surface area contributed by atoms with Crippen molar-refractivity contribution in [2.75, 3.05) is 0 Å². The maximum Gasteiger partial charge on any atom is 0.339 e. The smallest absolute Gasteiger partial charge is 0.339 e. The highest BCUT2D eigenvalue weighted by atomic mass is 16.4. The van der Waals surface area contributed by atoms with Gasteiger partial charge in [0.25, 0.3) is 0 Å². The van der Waals surface area contributed by atoms with E-state index in [1.54, 1.807) is 42.5 Å². The first-order valence-electron chi connectivity index (χ1n) is 7.63. The summed E-state index contributed by atoms with van der Waals surface area (Å²) in [7, 11) is 0. The number of phenols is 1. The highest BCUT2D eigenvalue weighted by Gasteiger charge is 2.17. The minimum atomic E-state index is -1.42. The van der Waals surface area contributed by atoms with Crippen LogP contribution < -0.4 is 0 Å². The van der Waals surface area contributed by atoms with Gasteiger partial charge in [-0.25, -0.2) is 9.59 Å². The largest absolute Gasteiger partial charge is 0.511 e. The summed E-state index contributed by atoms with van der Waals surface area (Å²) in [5.41, 5.74) is 0.165. The van der Waals surface area contributed by atoms with Crippen molar-refractivity contribution >= 4 is 17.9 Å². The summed E-state index contributed by atoms with van der Waals surface area (Å²) in [6, 6.07) is 14.5. The van der Waals surface area contributed by atoms with E-state index in [1.165, 1.54) is 12.1 Å². The van der Waals surface area contributed by atoms with Crippen molar-refractivity contribution in [1.29, 1.82) is 0 Å². The van der Waals surface area contributed by atoms with Crippen LogP contribution in [0.4, 0.5) is 0 Å². The van der Waals surface area contributed by atoms with Gasteiger partial charge < -0.3 is 25.5 Å². The van der Waals surface area contributed by atoms with E-state index in [1.807, 2.05) is 0 Å². The topological polar surface area (TPSA) is 152 Å². The van der Waals surface area contributed by atoms with Crippen LogP contribution in [-0.4, -0.2) is 43.4 Å². The molecule has 0 fully saturated rings. The normalized spacial score (nSPS) is 10.8. The van der Waals surface area contributed by atoms with Gasteiger partial charge in [-0.05, 0) is 17.7 Å². The first kappa shape index (κ1) is 21.2. The van der Waals surface area contributed by atoms with Gasteiger partial charge in [0.1, 0.15) is 17.1 Å². The number of aliphatic carboxylic acids is 2. The standard InChI is InChI=1S/C12H12O5.C7H6O3/c13-10(6-8-4-2-1-3-5-8)9(12(16)17)7-11(14)15;8-6-4-2-1-3-5(6)7(9)10/h1-5,13H,6-7H2,(H,14,15)(H,16,17);1-4,8H,(H,9,10). The van der Waals surface area contributed by atoms with Crippen LogP contribution >= 0.6 is 0 Å². The van der Waals surface area contributed by atoms with Crippen molar-refractivity contribution in [2.45, 2.75) is 12.8 Å². The molecule has 0 aromatic heterocycles. The molecule has 5 N–H and O–H groups in total. The molecule has 2 aromatic rings. The number of aliphatic hydroxyl groups is 1. The summed E-state index contributed by atoms with van der Waals surface area (Å²) in [5, 5.41) is 44.3. The Hall–Kier alpha value is -3.81. The number of aliphatic hydroxyl groups excluding tert-OH is 1.